The Morgan fingerprint density at radius 3 is 2.38 bits per heavy atom. The minimum atomic E-state index is -0.0764. The number of halogens is 1. The van der Waals surface area contributed by atoms with E-state index in [0.717, 1.165) is 53.3 Å². The standard InChI is InChI=1S/C19H18BrN5O/c20-15-3-1-14(2-4-15)17-12-21-13-23-19(17)25-9-7-24(8-10-25)16-5-6-18(26)22-11-16/h1-6,11-13H,7-10H2,(H,22,26). The van der Waals surface area contributed by atoms with Crippen LogP contribution in [0.5, 0.6) is 0 Å². The summed E-state index contributed by atoms with van der Waals surface area (Å²) in [6, 6.07) is 11.6. The summed E-state index contributed by atoms with van der Waals surface area (Å²) in [5, 5.41) is 0. The molecule has 1 fully saturated rings. The third-order valence-corrected chi connectivity index (χ3v) is 5.09. The molecule has 0 spiro atoms. The highest BCUT2D eigenvalue weighted by atomic mass is 79.9. The van der Waals surface area contributed by atoms with Crippen LogP contribution in [0.3, 0.4) is 0 Å². The molecule has 4 rings (SSSR count). The number of pyridine rings is 1. The van der Waals surface area contributed by atoms with Crippen molar-refractivity contribution in [1.82, 2.24) is 15.0 Å². The quantitative estimate of drug-likeness (QED) is 0.717. The van der Waals surface area contributed by atoms with E-state index in [9.17, 15) is 4.79 Å². The van der Waals surface area contributed by atoms with Crippen LogP contribution in [0.2, 0.25) is 0 Å². The number of rotatable bonds is 3. The number of piperazine rings is 1. The number of H-pyrrole nitrogens is 1. The van der Waals surface area contributed by atoms with Crippen LogP contribution in [0.4, 0.5) is 11.5 Å². The van der Waals surface area contributed by atoms with Gasteiger partial charge in [0.15, 0.2) is 0 Å². The molecular weight excluding hydrogens is 394 g/mol. The fraction of sp³-hybridized carbons (Fsp3) is 0.211. The van der Waals surface area contributed by atoms with Gasteiger partial charge in [-0.3, -0.25) is 4.79 Å². The van der Waals surface area contributed by atoms with Gasteiger partial charge in [-0.25, -0.2) is 9.97 Å². The van der Waals surface area contributed by atoms with Crippen LogP contribution in [0.25, 0.3) is 11.1 Å². The Morgan fingerprint density at radius 2 is 1.69 bits per heavy atom. The van der Waals surface area contributed by atoms with Crippen LogP contribution in [0.1, 0.15) is 0 Å². The minimum absolute atomic E-state index is 0.0764. The number of nitrogens with one attached hydrogen (secondary N) is 1. The highest BCUT2D eigenvalue weighted by Crippen LogP contribution is 2.30. The zero-order valence-electron chi connectivity index (χ0n) is 14.1. The summed E-state index contributed by atoms with van der Waals surface area (Å²) >= 11 is 3.48. The van der Waals surface area contributed by atoms with Crippen LogP contribution in [-0.4, -0.2) is 41.1 Å². The van der Waals surface area contributed by atoms with Gasteiger partial charge in [-0.1, -0.05) is 28.1 Å². The van der Waals surface area contributed by atoms with Gasteiger partial charge in [0.2, 0.25) is 5.56 Å². The van der Waals surface area contributed by atoms with E-state index in [1.165, 1.54) is 0 Å². The van der Waals surface area contributed by atoms with E-state index in [1.807, 2.05) is 24.4 Å². The number of nitrogens with zero attached hydrogens (tertiary/aromatic N) is 4. The maximum Gasteiger partial charge on any atom is 0.248 e. The van der Waals surface area contributed by atoms with Gasteiger partial charge < -0.3 is 14.8 Å². The van der Waals surface area contributed by atoms with Gasteiger partial charge in [-0.2, -0.15) is 0 Å². The van der Waals surface area contributed by atoms with Crippen molar-refractivity contribution >= 4 is 27.4 Å². The molecule has 1 aromatic carbocycles. The molecule has 132 valence electrons. The molecule has 7 heteroatoms. The second-order valence-corrected chi connectivity index (χ2v) is 7.07. The Kier molecular flexibility index (Phi) is 4.71. The van der Waals surface area contributed by atoms with Crippen molar-refractivity contribution in [2.24, 2.45) is 0 Å². The van der Waals surface area contributed by atoms with Gasteiger partial charge in [0.25, 0.3) is 0 Å². The van der Waals surface area contributed by atoms with Crippen LogP contribution in [0.15, 0.2) is 64.4 Å². The zero-order valence-corrected chi connectivity index (χ0v) is 15.7. The second kappa shape index (κ2) is 7.29. The molecule has 0 saturated carbocycles. The van der Waals surface area contributed by atoms with E-state index in [2.05, 4.69) is 52.8 Å². The Hall–Kier alpha value is -2.67. The van der Waals surface area contributed by atoms with Gasteiger partial charge >= 0.3 is 0 Å². The zero-order chi connectivity index (χ0) is 17.9. The van der Waals surface area contributed by atoms with E-state index < -0.39 is 0 Å². The monoisotopic (exact) mass is 411 g/mol. The van der Waals surface area contributed by atoms with Gasteiger partial charge in [-0.05, 0) is 23.8 Å². The summed E-state index contributed by atoms with van der Waals surface area (Å²) in [6.45, 7) is 3.46. The van der Waals surface area contributed by atoms with E-state index >= 15 is 0 Å². The van der Waals surface area contributed by atoms with Gasteiger partial charge in [0.05, 0.1) is 5.69 Å². The van der Waals surface area contributed by atoms with Crippen molar-refractivity contribution in [2.45, 2.75) is 0 Å². The molecule has 0 bridgehead atoms. The van der Waals surface area contributed by atoms with Crippen LogP contribution in [0, 0.1) is 0 Å². The topological polar surface area (TPSA) is 65.1 Å². The molecule has 0 amide bonds. The lowest BCUT2D eigenvalue weighted by molar-refractivity contribution is 0.646. The number of hydrogen-bond donors (Lipinski definition) is 1. The lowest BCUT2D eigenvalue weighted by Gasteiger charge is -2.37. The first kappa shape index (κ1) is 16.8. The third kappa shape index (κ3) is 3.48. The normalized spacial score (nSPS) is 14.5. The SMILES string of the molecule is O=c1ccc(N2CCN(c3ncncc3-c3ccc(Br)cc3)CC2)c[nH]1. The Morgan fingerprint density at radius 1 is 0.962 bits per heavy atom. The van der Waals surface area contributed by atoms with Crippen LogP contribution < -0.4 is 15.4 Å². The molecule has 1 aliphatic heterocycles. The highest BCUT2D eigenvalue weighted by molar-refractivity contribution is 9.10. The van der Waals surface area contributed by atoms with Crippen molar-refractivity contribution in [3.05, 3.63) is 69.9 Å². The lowest BCUT2D eigenvalue weighted by atomic mass is 10.1. The smallest absolute Gasteiger partial charge is 0.248 e. The summed E-state index contributed by atoms with van der Waals surface area (Å²) < 4.78 is 1.05. The average molecular weight is 412 g/mol. The Balaban J connectivity index is 1.54. The number of aromatic amines is 1. The molecule has 1 aliphatic rings. The molecule has 3 heterocycles. The maximum atomic E-state index is 11.2. The number of hydrogen-bond acceptors (Lipinski definition) is 5. The van der Waals surface area contributed by atoms with E-state index in [0.29, 0.717) is 0 Å². The predicted molar refractivity (Wildman–Crippen MR) is 107 cm³/mol. The van der Waals surface area contributed by atoms with Gasteiger partial charge in [-0.15, -0.1) is 0 Å². The molecule has 6 nitrogen and oxygen atoms in total. The van der Waals surface area contributed by atoms with Crippen molar-refractivity contribution in [3.63, 3.8) is 0 Å². The van der Waals surface area contributed by atoms with Gasteiger partial charge in [0.1, 0.15) is 12.1 Å². The van der Waals surface area contributed by atoms with E-state index in [-0.39, 0.29) is 5.56 Å². The molecular formula is C19H18BrN5O. The van der Waals surface area contributed by atoms with Crippen molar-refractivity contribution in [1.29, 1.82) is 0 Å². The summed E-state index contributed by atoms with van der Waals surface area (Å²) in [5.74, 6) is 0.962. The van der Waals surface area contributed by atoms with Crippen molar-refractivity contribution < 1.29 is 0 Å². The summed E-state index contributed by atoms with van der Waals surface area (Å²) in [6.07, 6.45) is 5.25. The second-order valence-electron chi connectivity index (χ2n) is 6.15. The summed E-state index contributed by atoms with van der Waals surface area (Å²) in [7, 11) is 0. The molecule has 0 unspecified atom stereocenters. The Bertz CT molecular complexity index is 928. The highest BCUT2D eigenvalue weighted by Gasteiger charge is 2.21. The first-order valence-corrected chi connectivity index (χ1v) is 9.24. The molecule has 2 aromatic heterocycles. The summed E-state index contributed by atoms with van der Waals surface area (Å²) in [5.41, 5.74) is 3.11. The summed E-state index contributed by atoms with van der Waals surface area (Å²) in [4.78, 5) is 27.3. The molecule has 1 saturated heterocycles. The largest absolute Gasteiger partial charge is 0.367 e. The minimum Gasteiger partial charge on any atom is -0.367 e. The fourth-order valence-corrected chi connectivity index (χ4v) is 3.45. The third-order valence-electron chi connectivity index (χ3n) is 4.56. The number of anilines is 2. The van der Waals surface area contributed by atoms with E-state index in [4.69, 9.17) is 0 Å². The fourth-order valence-electron chi connectivity index (χ4n) is 3.18. The molecule has 26 heavy (non-hydrogen) atoms. The molecule has 3 aromatic rings. The molecule has 0 aliphatic carbocycles. The van der Waals surface area contributed by atoms with Crippen molar-refractivity contribution in [3.8, 4) is 11.1 Å². The molecule has 0 radical (unpaired) electrons. The Labute approximate surface area is 159 Å². The van der Waals surface area contributed by atoms with Crippen LogP contribution >= 0.6 is 15.9 Å². The van der Waals surface area contributed by atoms with Crippen LogP contribution in [-0.2, 0) is 0 Å². The molecule has 1 N–H and O–H groups in total. The van der Waals surface area contributed by atoms with Gasteiger partial charge in [0, 0.05) is 54.7 Å². The number of aromatic nitrogens is 3. The lowest BCUT2D eigenvalue weighted by Crippen LogP contribution is -2.47. The maximum absolute atomic E-state index is 11.2. The predicted octanol–water partition coefficient (Wildman–Crippen LogP) is 2.92. The number of benzene rings is 1. The molecule has 0 atom stereocenters. The van der Waals surface area contributed by atoms with E-state index in [1.54, 1.807) is 18.6 Å². The average Bonchev–Trinajstić information content (AvgIpc) is 2.69. The van der Waals surface area contributed by atoms with Crippen molar-refractivity contribution in [2.75, 3.05) is 36.0 Å². The first-order chi connectivity index (χ1) is 12.7. The first-order valence-electron chi connectivity index (χ1n) is 8.45.